The molecule has 1 N–H and O–H groups in total. The summed E-state index contributed by atoms with van der Waals surface area (Å²) < 4.78 is 18.6. The van der Waals surface area contributed by atoms with Crippen molar-refractivity contribution in [3.05, 3.63) is 53.3 Å². The first-order chi connectivity index (χ1) is 15.1. The number of nitrogens with zero attached hydrogens (tertiary/aromatic N) is 2. The minimum Gasteiger partial charge on any atom is -0.379 e. The number of benzene rings is 1. The van der Waals surface area contributed by atoms with Gasteiger partial charge in [-0.15, -0.1) is 0 Å². The van der Waals surface area contributed by atoms with Gasteiger partial charge in [-0.3, -0.25) is 4.68 Å². The lowest BCUT2D eigenvalue weighted by atomic mass is 10.1. The summed E-state index contributed by atoms with van der Waals surface area (Å²) in [5.41, 5.74) is 3.81. The van der Waals surface area contributed by atoms with Crippen LogP contribution >= 0.6 is 0 Å². The van der Waals surface area contributed by atoms with E-state index in [1.807, 2.05) is 10.9 Å². The molecule has 0 saturated heterocycles. The summed E-state index contributed by atoms with van der Waals surface area (Å²) in [5.74, 6) is 0.501. The van der Waals surface area contributed by atoms with Crippen molar-refractivity contribution in [2.24, 2.45) is 0 Å². The summed E-state index contributed by atoms with van der Waals surface area (Å²) in [6.07, 6.45) is 6.40. The van der Waals surface area contributed by atoms with Gasteiger partial charge >= 0.3 is 0 Å². The number of hydrogen-bond donors (Lipinski definition) is 1. The van der Waals surface area contributed by atoms with Crippen molar-refractivity contribution in [2.45, 2.75) is 59.0 Å². The van der Waals surface area contributed by atoms with Gasteiger partial charge in [-0.2, -0.15) is 5.10 Å². The lowest BCUT2D eigenvalue weighted by molar-refractivity contribution is 0.0146. The van der Waals surface area contributed by atoms with Gasteiger partial charge in [0.2, 0.25) is 0 Å². The fourth-order valence-corrected chi connectivity index (χ4v) is 3.09. The van der Waals surface area contributed by atoms with Crippen LogP contribution in [0, 0.1) is 0 Å². The zero-order valence-electron chi connectivity index (χ0n) is 19.8. The molecule has 0 fully saturated rings. The molecule has 1 aromatic heterocycles. The van der Waals surface area contributed by atoms with Crippen LogP contribution in [0.25, 0.3) is 0 Å². The van der Waals surface area contributed by atoms with Crippen molar-refractivity contribution >= 4 is 0 Å². The highest BCUT2D eigenvalue weighted by Gasteiger charge is 2.10. The minimum absolute atomic E-state index is 0.230. The predicted molar refractivity (Wildman–Crippen MR) is 126 cm³/mol. The van der Waals surface area contributed by atoms with Gasteiger partial charge in [0.15, 0.2) is 0 Å². The van der Waals surface area contributed by atoms with E-state index in [-0.39, 0.29) is 6.04 Å². The Balaban J connectivity index is 1.53. The molecule has 0 amide bonds. The maximum atomic E-state index is 5.60. The van der Waals surface area contributed by atoms with Crippen LogP contribution in [0.5, 0.6) is 0 Å². The van der Waals surface area contributed by atoms with E-state index in [0.29, 0.717) is 39.0 Å². The zero-order chi connectivity index (χ0) is 22.3. The zero-order valence-corrected chi connectivity index (χ0v) is 19.8. The first-order valence-electron chi connectivity index (χ1n) is 11.7. The van der Waals surface area contributed by atoms with Crippen molar-refractivity contribution < 1.29 is 14.2 Å². The lowest BCUT2D eigenvalue weighted by Crippen LogP contribution is -2.20. The summed E-state index contributed by atoms with van der Waals surface area (Å²) in [7, 11) is 0. The third-order valence-electron chi connectivity index (χ3n) is 5.29. The molecule has 1 atom stereocenters. The number of ether oxygens (including phenoxy) is 3. The molecular formula is C25H41N3O3. The Morgan fingerprint density at radius 1 is 0.871 bits per heavy atom. The molecule has 0 aliphatic rings. The molecule has 31 heavy (non-hydrogen) atoms. The Morgan fingerprint density at radius 2 is 1.52 bits per heavy atom. The number of rotatable bonds is 17. The molecule has 1 heterocycles. The molecule has 0 saturated carbocycles. The molecule has 2 rings (SSSR count). The van der Waals surface area contributed by atoms with Gasteiger partial charge in [0.1, 0.15) is 0 Å². The van der Waals surface area contributed by atoms with E-state index in [9.17, 15) is 0 Å². The standard InChI is InChI=1S/C25H41N3O3/c1-5-6-12-29-14-16-31-17-15-30-13-11-26-18-23-7-9-24(10-8-23)22(4)28-20-25(19-27-28)21(2)3/h7-10,19-22,26H,5-6,11-18H2,1-4H3. The van der Waals surface area contributed by atoms with Crippen molar-refractivity contribution in [2.75, 3.05) is 46.2 Å². The van der Waals surface area contributed by atoms with Crippen molar-refractivity contribution in [3.63, 3.8) is 0 Å². The van der Waals surface area contributed by atoms with Crippen LogP contribution < -0.4 is 5.32 Å². The van der Waals surface area contributed by atoms with E-state index in [0.717, 1.165) is 26.1 Å². The van der Waals surface area contributed by atoms with Crippen molar-refractivity contribution in [1.82, 2.24) is 15.1 Å². The van der Waals surface area contributed by atoms with E-state index in [1.54, 1.807) is 0 Å². The molecule has 0 spiro atoms. The molecule has 0 radical (unpaired) electrons. The highest BCUT2D eigenvalue weighted by molar-refractivity contribution is 5.25. The topological polar surface area (TPSA) is 57.5 Å². The smallest absolute Gasteiger partial charge is 0.0740 e. The second-order valence-corrected chi connectivity index (χ2v) is 8.19. The molecule has 0 aliphatic carbocycles. The summed E-state index contributed by atoms with van der Waals surface area (Å²) in [6, 6.07) is 8.98. The second-order valence-electron chi connectivity index (χ2n) is 8.19. The van der Waals surface area contributed by atoms with Crippen LogP contribution in [-0.4, -0.2) is 56.0 Å². The average molecular weight is 432 g/mol. The van der Waals surface area contributed by atoms with E-state index in [1.165, 1.54) is 23.1 Å². The van der Waals surface area contributed by atoms with E-state index in [4.69, 9.17) is 14.2 Å². The monoisotopic (exact) mass is 431 g/mol. The van der Waals surface area contributed by atoms with Crippen LogP contribution in [0.15, 0.2) is 36.7 Å². The number of nitrogens with one attached hydrogen (secondary N) is 1. The molecule has 1 aromatic carbocycles. The van der Waals surface area contributed by atoms with Crippen LogP contribution in [-0.2, 0) is 20.8 Å². The Hall–Kier alpha value is -1.73. The Bertz CT molecular complexity index is 700. The Labute approximate surface area is 188 Å². The number of aromatic nitrogens is 2. The minimum atomic E-state index is 0.230. The average Bonchev–Trinajstić information content (AvgIpc) is 3.28. The van der Waals surface area contributed by atoms with Crippen LogP contribution in [0.4, 0.5) is 0 Å². The normalized spacial score (nSPS) is 12.5. The first kappa shape index (κ1) is 25.5. The van der Waals surface area contributed by atoms with Gasteiger partial charge in [0, 0.05) is 25.9 Å². The van der Waals surface area contributed by atoms with Gasteiger partial charge in [-0.25, -0.2) is 0 Å². The second kappa shape index (κ2) is 15.1. The fraction of sp³-hybridized carbons (Fsp3) is 0.640. The summed E-state index contributed by atoms with van der Waals surface area (Å²) in [6.45, 7) is 14.4. The van der Waals surface area contributed by atoms with Crippen molar-refractivity contribution in [1.29, 1.82) is 0 Å². The highest BCUT2D eigenvalue weighted by atomic mass is 16.5. The van der Waals surface area contributed by atoms with E-state index in [2.05, 4.69) is 68.6 Å². The van der Waals surface area contributed by atoms with Gasteiger partial charge in [-0.1, -0.05) is 51.5 Å². The molecule has 6 nitrogen and oxygen atoms in total. The van der Waals surface area contributed by atoms with Crippen LogP contribution in [0.1, 0.15) is 69.2 Å². The van der Waals surface area contributed by atoms with Gasteiger partial charge in [0.25, 0.3) is 0 Å². The molecule has 2 aromatic rings. The molecular weight excluding hydrogens is 390 g/mol. The van der Waals surface area contributed by atoms with Crippen LogP contribution in [0.3, 0.4) is 0 Å². The van der Waals surface area contributed by atoms with Gasteiger partial charge < -0.3 is 19.5 Å². The third-order valence-corrected chi connectivity index (χ3v) is 5.29. The predicted octanol–water partition coefficient (Wildman–Crippen LogP) is 4.56. The molecule has 1 unspecified atom stereocenters. The highest BCUT2D eigenvalue weighted by Crippen LogP contribution is 2.20. The molecule has 6 heteroatoms. The number of hydrogen-bond acceptors (Lipinski definition) is 5. The molecule has 0 bridgehead atoms. The maximum Gasteiger partial charge on any atom is 0.0740 e. The number of unbranched alkanes of at least 4 members (excludes halogenated alkanes) is 1. The van der Waals surface area contributed by atoms with Crippen LogP contribution in [0.2, 0.25) is 0 Å². The Kier molecular flexibility index (Phi) is 12.5. The van der Waals surface area contributed by atoms with E-state index >= 15 is 0 Å². The quantitative estimate of drug-likeness (QED) is 0.372. The largest absolute Gasteiger partial charge is 0.379 e. The summed E-state index contributed by atoms with van der Waals surface area (Å²) in [5, 5.41) is 7.95. The van der Waals surface area contributed by atoms with Gasteiger partial charge in [-0.05, 0) is 36.0 Å². The Morgan fingerprint density at radius 3 is 2.13 bits per heavy atom. The molecule has 174 valence electrons. The molecule has 0 aliphatic heterocycles. The summed E-state index contributed by atoms with van der Waals surface area (Å²) >= 11 is 0. The van der Waals surface area contributed by atoms with E-state index < -0.39 is 0 Å². The lowest BCUT2D eigenvalue weighted by Gasteiger charge is -2.14. The van der Waals surface area contributed by atoms with Gasteiger partial charge in [0.05, 0.1) is 45.3 Å². The summed E-state index contributed by atoms with van der Waals surface area (Å²) in [4.78, 5) is 0. The fourth-order valence-electron chi connectivity index (χ4n) is 3.09. The van der Waals surface area contributed by atoms with Crippen molar-refractivity contribution in [3.8, 4) is 0 Å². The maximum absolute atomic E-state index is 5.60. The third kappa shape index (κ3) is 9.95. The SMILES string of the molecule is CCCCOCCOCCOCCNCc1ccc(C(C)n2cc(C(C)C)cn2)cc1. The first-order valence-corrected chi connectivity index (χ1v) is 11.7.